The number of morpholine rings is 1. The molecule has 1 aliphatic heterocycles. The van der Waals surface area contributed by atoms with Gasteiger partial charge in [0.25, 0.3) is 5.91 Å². The van der Waals surface area contributed by atoms with E-state index in [4.69, 9.17) is 21.1 Å². The van der Waals surface area contributed by atoms with Crippen molar-refractivity contribution in [2.75, 3.05) is 31.6 Å². The van der Waals surface area contributed by atoms with Crippen LogP contribution in [0.25, 0.3) is 0 Å². The van der Waals surface area contributed by atoms with Crippen LogP contribution in [0.2, 0.25) is 5.02 Å². The van der Waals surface area contributed by atoms with Gasteiger partial charge in [-0.1, -0.05) is 23.7 Å². The zero-order valence-electron chi connectivity index (χ0n) is 17.5. The van der Waals surface area contributed by atoms with Gasteiger partial charge in [-0.15, -0.1) is 0 Å². The number of carbonyl (C=O) groups is 2. The average Bonchev–Trinajstić information content (AvgIpc) is 2.80. The van der Waals surface area contributed by atoms with E-state index in [-0.39, 0.29) is 11.3 Å². The standard InChI is InChI=1S/C21H24ClN3O6S/c1-15(21(27)24-19-8-5-17(22)14-23-19)31-20(26)9-4-16-2-6-18(7-3-16)32(28,29)25-10-12-30-13-11-25/h2-3,5-8,14-15H,4,9-13H2,1H3,(H,23,24,27)/t15-/m1/s1. The molecule has 1 aromatic heterocycles. The third kappa shape index (κ3) is 6.49. The third-order valence-corrected chi connectivity index (χ3v) is 6.94. The zero-order valence-corrected chi connectivity index (χ0v) is 19.1. The number of anilines is 1. The number of carbonyl (C=O) groups excluding carboxylic acids is 2. The number of pyridine rings is 1. The first-order valence-corrected chi connectivity index (χ1v) is 11.9. The van der Waals surface area contributed by atoms with Crippen LogP contribution >= 0.6 is 11.6 Å². The largest absolute Gasteiger partial charge is 0.453 e. The number of nitrogens with zero attached hydrogens (tertiary/aromatic N) is 2. The Bertz CT molecular complexity index is 1040. The normalized spacial score (nSPS) is 15.7. The number of aryl methyl sites for hydroxylation is 1. The topological polar surface area (TPSA) is 115 Å². The Balaban J connectivity index is 1.47. The highest BCUT2D eigenvalue weighted by Crippen LogP contribution is 2.18. The van der Waals surface area contributed by atoms with E-state index in [1.807, 2.05) is 0 Å². The lowest BCUT2D eigenvalue weighted by atomic mass is 10.1. The van der Waals surface area contributed by atoms with Crippen LogP contribution in [0.5, 0.6) is 0 Å². The predicted molar refractivity (Wildman–Crippen MR) is 118 cm³/mol. The summed E-state index contributed by atoms with van der Waals surface area (Å²) >= 11 is 5.75. The van der Waals surface area contributed by atoms with E-state index >= 15 is 0 Å². The maximum absolute atomic E-state index is 12.6. The Kier molecular flexibility index (Phi) is 8.19. The maximum Gasteiger partial charge on any atom is 0.306 e. The van der Waals surface area contributed by atoms with Gasteiger partial charge < -0.3 is 14.8 Å². The Morgan fingerprint density at radius 2 is 1.88 bits per heavy atom. The highest BCUT2D eigenvalue weighted by Gasteiger charge is 2.26. The van der Waals surface area contributed by atoms with Crippen LogP contribution in [0.15, 0.2) is 47.5 Å². The summed E-state index contributed by atoms with van der Waals surface area (Å²) in [6.07, 6.45) is 0.794. The van der Waals surface area contributed by atoms with Gasteiger partial charge in [-0.05, 0) is 43.2 Å². The molecule has 2 heterocycles. The van der Waals surface area contributed by atoms with E-state index in [1.165, 1.54) is 35.6 Å². The van der Waals surface area contributed by atoms with Crippen LogP contribution in [-0.2, 0) is 35.5 Å². The van der Waals surface area contributed by atoms with Crippen LogP contribution in [0.1, 0.15) is 18.9 Å². The fourth-order valence-corrected chi connectivity index (χ4v) is 4.52. The minimum atomic E-state index is -3.56. The van der Waals surface area contributed by atoms with Crippen molar-refractivity contribution >= 4 is 39.3 Å². The van der Waals surface area contributed by atoms with E-state index in [9.17, 15) is 18.0 Å². The number of ether oxygens (including phenoxy) is 2. The first-order valence-electron chi connectivity index (χ1n) is 10.0. The van der Waals surface area contributed by atoms with Gasteiger partial charge in [0.15, 0.2) is 6.10 Å². The second-order valence-corrected chi connectivity index (χ2v) is 9.52. The molecule has 0 spiro atoms. The van der Waals surface area contributed by atoms with Gasteiger partial charge in [-0.25, -0.2) is 13.4 Å². The fraction of sp³-hybridized carbons (Fsp3) is 0.381. The minimum absolute atomic E-state index is 0.0480. The molecule has 9 nitrogen and oxygen atoms in total. The summed E-state index contributed by atoms with van der Waals surface area (Å²) in [5.74, 6) is -0.748. The molecule has 0 saturated carbocycles. The van der Waals surface area contributed by atoms with Gasteiger partial charge in [-0.2, -0.15) is 4.31 Å². The molecule has 1 fully saturated rings. The summed E-state index contributed by atoms with van der Waals surface area (Å²) < 4.78 is 37.1. The van der Waals surface area contributed by atoms with Crippen LogP contribution in [0.4, 0.5) is 5.82 Å². The molecule has 0 aliphatic carbocycles. The first-order chi connectivity index (χ1) is 15.3. The second-order valence-electron chi connectivity index (χ2n) is 7.14. The molecule has 1 amide bonds. The van der Waals surface area contributed by atoms with Gasteiger partial charge in [0.1, 0.15) is 5.82 Å². The van der Waals surface area contributed by atoms with Crippen molar-refractivity contribution < 1.29 is 27.5 Å². The molecular weight excluding hydrogens is 458 g/mol. The molecule has 1 atom stereocenters. The minimum Gasteiger partial charge on any atom is -0.453 e. The number of sulfonamides is 1. The average molecular weight is 482 g/mol. The highest BCUT2D eigenvalue weighted by atomic mass is 35.5. The van der Waals surface area contributed by atoms with Crippen molar-refractivity contribution in [3.05, 3.63) is 53.2 Å². The Hall–Kier alpha value is -2.53. The fourth-order valence-electron chi connectivity index (χ4n) is 3.00. The Labute approximate surface area is 191 Å². The van der Waals surface area contributed by atoms with Gasteiger partial charge >= 0.3 is 5.97 Å². The third-order valence-electron chi connectivity index (χ3n) is 4.81. The molecule has 1 aliphatic rings. The SMILES string of the molecule is C[C@@H](OC(=O)CCc1ccc(S(=O)(=O)N2CCOCC2)cc1)C(=O)Nc1ccc(Cl)cn1. The van der Waals surface area contributed by atoms with E-state index in [0.717, 1.165) is 5.56 Å². The summed E-state index contributed by atoms with van der Waals surface area (Å²) in [6, 6.07) is 9.52. The number of halogens is 1. The van der Waals surface area contributed by atoms with E-state index in [1.54, 1.807) is 18.2 Å². The first kappa shape index (κ1) is 24.1. The molecule has 0 radical (unpaired) electrons. The number of benzene rings is 1. The van der Waals surface area contributed by atoms with Crippen LogP contribution in [0.3, 0.4) is 0 Å². The Morgan fingerprint density at radius 1 is 1.19 bits per heavy atom. The molecule has 2 aromatic rings. The molecule has 32 heavy (non-hydrogen) atoms. The number of aromatic nitrogens is 1. The van der Waals surface area contributed by atoms with Crippen molar-refractivity contribution in [2.45, 2.75) is 30.8 Å². The molecule has 3 rings (SSSR count). The van der Waals surface area contributed by atoms with Gasteiger partial charge in [-0.3, -0.25) is 9.59 Å². The lowest BCUT2D eigenvalue weighted by Gasteiger charge is -2.26. The molecule has 0 bridgehead atoms. The molecule has 1 saturated heterocycles. The summed E-state index contributed by atoms with van der Waals surface area (Å²) in [5.41, 5.74) is 0.783. The quantitative estimate of drug-likeness (QED) is 0.575. The van der Waals surface area contributed by atoms with Crippen LogP contribution < -0.4 is 5.32 Å². The van der Waals surface area contributed by atoms with Crippen molar-refractivity contribution in [1.29, 1.82) is 0 Å². The number of amides is 1. The zero-order chi connectivity index (χ0) is 23.1. The summed E-state index contributed by atoms with van der Waals surface area (Å²) in [7, 11) is -3.56. The molecule has 0 unspecified atom stereocenters. The summed E-state index contributed by atoms with van der Waals surface area (Å²) in [4.78, 5) is 28.4. The summed E-state index contributed by atoms with van der Waals surface area (Å²) in [5, 5.41) is 2.98. The lowest BCUT2D eigenvalue weighted by molar-refractivity contribution is -0.153. The number of hydrogen-bond donors (Lipinski definition) is 1. The van der Waals surface area contributed by atoms with E-state index in [0.29, 0.717) is 43.6 Å². The molecule has 172 valence electrons. The van der Waals surface area contributed by atoms with Gasteiger partial charge in [0, 0.05) is 25.7 Å². The number of rotatable bonds is 8. The van der Waals surface area contributed by atoms with Crippen molar-refractivity contribution in [3.63, 3.8) is 0 Å². The maximum atomic E-state index is 12.6. The van der Waals surface area contributed by atoms with Crippen molar-refractivity contribution in [2.24, 2.45) is 0 Å². The number of hydrogen-bond acceptors (Lipinski definition) is 7. The number of nitrogens with one attached hydrogen (secondary N) is 1. The highest BCUT2D eigenvalue weighted by molar-refractivity contribution is 7.89. The van der Waals surface area contributed by atoms with Crippen LogP contribution in [-0.4, -0.2) is 62.0 Å². The number of esters is 1. The molecule has 1 aromatic carbocycles. The Morgan fingerprint density at radius 3 is 2.50 bits per heavy atom. The molecule has 1 N–H and O–H groups in total. The van der Waals surface area contributed by atoms with Crippen molar-refractivity contribution in [3.8, 4) is 0 Å². The van der Waals surface area contributed by atoms with Crippen molar-refractivity contribution in [1.82, 2.24) is 9.29 Å². The second kappa shape index (κ2) is 10.9. The van der Waals surface area contributed by atoms with E-state index in [2.05, 4.69) is 10.3 Å². The predicted octanol–water partition coefficient (Wildman–Crippen LogP) is 2.26. The molecule has 11 heteroatoms. The monoisotopic (exact) mass is 481 g/mol. The van der Waals surface area contributed by atoms with Gasteiger partial charge in [0.2, 0.25) is 10.0 Å². The molecular formula is C21H24ClN3O6S. The van der Waals surface area contributed by atoms with Crippen LogP contribution in [0, 0.1) is 0 Å². The summed E-state index contributed by atoms with van der Waals surface area (Å²) in [6.45, 7) is 2.89. The lowest BCUT2D eigenvalue weighted by Crippen LogP contribution is -2.40. The smallest absolute Gasteiger partial charge is 0.306 e. The van der Waals surface area contributed by atoms with E-state index < -0.39 is 28.0 Å². The van der Waals surface area contributed by atoms with Gasteiger partial charge in [0.05, 0.1) is 23.1 Å².